The highest BCUT2D eigenvalue weighted by molar-refractivity contribution is 14.1. The summed E-state index contributed by atoms with van der Waals surface area (Å²) >= 11 is 11.9. The lowest BCUT2D eigenvalue weighted by atomic mass is 9.93. The third-order valence-electron chi connectivity index (χ3n) is 4.11. The fourth-order valence-electron chi connectivity index (χ4n) is 2.97. The van der Waals surface area contributed by atoms with Crippen LogP contribution < -0.4 is 0 Å². The Morgan fingerprint density at radius 2 is 1.73 bits per heavy atom. The van der Waals surface area contributed by atoms with Crippen LogP contribution in [0, 0.1) is 11.8 Å². The number of ether oxygens (including phenoxy) is 1. The van der Waals surface area contributed by atoms with E-state index in [0.29, 0.717) is 17.1 Å². The Balaban J connectivity index is 1.72. The van der Waals surface area contributed by atoms with E-state index in [9.17, 15) is 0 Å². The van der Waals surface area contributed by atoms with Crippen molar-refractivity contribution in [3.8, 4) is 0 Å². The van der Waals surface area contributed by atoms with Crippen molar-refractivity contribution < 1.29 is 4.74 Å². The predicted molar refractivity (Wildman–Crippen MR) is 128 cm³/mol. The standard InChI is InChI=1S/C16H10I4OS/c17-10-1-2-11(18)16-8(10)6-13(22-16)9-5-12(19)7-3-4-21-15(7)14(9)20/h1-8,15-16H. The molecule has 0 aromatic rings. The summed E-state index contributed by atoms with van der Waals surface area (Å²) in [6.07, 6.45) is 13.5. The van der Waals surface area contributed by atoms with E-state index < -0.39 is 0 Å². The van der Waals surface area contributed by atoms with Gasteiger partial charge in [0, 0.05) is 27.1 Å². The van der Waals surface area contributed by atoms with Crippen LogP contribution in [0.25, 0.3) is 0 Å². The maximum absolute atomic E-state index is 5.84. The van der Waals surface area contributed by atoms with Crippen molar-refractivity contribution in [1.29, 1.82) is 0 Å². The van der Waals surface area contributed by atoms with Gasteiger partial charge in [0.05, 0.1) is 17.4 Å². The molecular formula is C16H10I4OS. The largest absolute Gasteiger partial charge is 0.492 e. The molecule has 0 bridgehead atoms. The number of allylic oxidation sites excluding steroid dienone is 6. The molecule has 0 amide bonds. The smallest absolute Gasteiger partial charge is 0.140 e. The highest BCUT2D eigenvalue weighted by atomic mass is 127. The molecular weight excluding hydrogens is 748 g/mol. The van der Waals surface area contributed by atoms with Crippen molar-refractivity contribution >= 4 is 102 Å². The molecule has 4 aliphatic rings. The lowest BCUT2D eigenvalue weighted by Gasteiger charge is -2.26. The van der Waals surface area contributed by atoms with E-state index in [2.05, 4.69) is 121 Å². The molecule has 2 heterocycles. The molecule has 0 fully saturated rings. The average Bonchev–Trinajstić information content (AvgIpc) is 3.14. The minimum Gasteiger partial charge on any atom is -0.492 e. The first kappa shape index (κ1) is 17.0. The molecule has 1 nitrogen and oxygen atoms in total. The van der Waals surface area contributed by atoms with E-state index in [4.69, 9.17) is 4.74 Å². The minimum absolute atomic E-state index is 0.181. The molecule has 6 heteroatoms. The summed E-state index contributed by atoms with van der Waals surface area (Å²) in [6, 6.07) is 0. The van der Waals surface area contributed by atoms with Crippen LogP contribution in [0.4, 0.5) is 0 Å². The first-order valence-corrected chi connectivity index (χ1v) is 12.0. The lowest BCUT2D eigenvalue weighted by Crippen LogP contribution is -2.21. The topological polar surface area (TPSA) is 9.23 Å². The van der Waals surface area contributed by atoms with Gasteiger partial charge in [-0.2, -0.15) is 0 Å². The van der Waals surface area contributed by atoms with Gasteiger partial charge in [0.15, 0.2) is 0 Å². The molecule has 0 aromatic heterocycles. The zero-order chi connectivity index (χ0) is 15.4. The molecule has 0 aromatic carbocycles. The molecule has 0 saturated heterocycles. The Morgan fingerprint density at radius 1 is 0.955 bits per heavy atom. The van der Waals surface area contributed by atoms with Crippen LogP contribution in [-0.2, 0) is 4.74 Å². The van der Waals surface area contributed by atoms with Crippen LogP contribution in [-0.4, -0.2) is 11.4 Å². The molecule has 0 radical (unpaired) electrons. The third-order valence-corrected chi connectivity index (χ3v) is 10.3. The highest BCUT2D eigenvalue weighted by Crippen LogP contribution is 2.54. The van der Waals surface area contributed by atoms with Crippen molar-refractivity contribution in [2.24, 2.45) is 11.8 Å². The SMILES string of the molecule is IC1=CC(C2=CC3C(I)=CC=C(I)C3S2)=C(I)C2OC=CC12. The molecule has 22 heavy (non-hydrogen) atoms. The fourth-order valence-corrected chi connectivity index (χ4v) is 8.25. The van der Waals surface area contributed by atoms with E-state index in [1.807, 2.05) is 18.0 Å². The van der Waals surface area contributed by atoms with Gasteiger partial charge in [0.2, 0.25) is 0 Å². The van der Waals surface area contributed by atoms with E-state index >= 15 is 0 Å². The maximum Gasteiger partial charge on any atom is 0.140 e. The summed E-state index contributed by atoms with van der Waals surface area (Å²) in [5.41, 5.74) is 1.36. The first-order valence-electron chi connectivity index (χ1n) is 6.77. The van der Waals surface area contributed by atoms with Crippen LogP contribution in [0.2, 0.25) is 0 Å². The molecule has 4 rings (SSSR count). The third kappa shape index (κ3) is 2.83. The molecule has 0 spiro atoms. The van der Waals surface area contributed by atoms with E-state index in [0.717, 1.165) is 0 Å². The van der Waals surface area contributed by atoms with Gasteiger partial charge in [0.25, 0.3) is 0 Å². The van der Waals surface area contributed by atoms with Gasteiger partial charge in [0.1, 0.15) is 6.10 Å². The average molecular weight is 758 g/mol. The second-order valence-corrected chi connectivity index (χ2v) is 11.5. The highest BCUT2D eigenvalue weighted by Gasteiger charge is 2.39. The van der Waals surface area contributed by atoms with Crippen LogP contribution in [0.15, 0.2) is 61.4 Å². The minimum atomic E-state index is 0.181. The molecule has 0 N–H and O–H groups in total. The summed E-state index contributed by atoms with van der Waals surface area (Å²) < 4.78 is 11.4. The Labute approximate surface area is 188 Å². The second-order valence-electron chi connectivity index (χ2n) is 5.40. The van der Waals surface area contributed by atoms with Crippen molar-refractivity contribution in [1.82, 2.24) is 0 Å². The number of halogens is 4. The normalized spacial score (nSPS) is 36.2. The van der Waals surface area contributed by atoms with Crippen molar-refractivity contribution in [2.75, 3.05) is 0 Å². The zero-order valence-corrected chi connectivity index (χ0v) is 20.5. The van der Waals surface area contributed by atoms with Gasteiger partial charge < -0.3 is 4.74 Å². The van der Waals surface area contributed by atoms with Gasteiger partial charge in [-0.05, 0) is 106 Å². The summed E-state index contributed by atoms with van der Waals surface area (Å²) in [7, 11) is 0. The van der Waals surface area contributed by atoms with Gasteiger partial charge >= 0.3 is 0 Å². The van der Waals surface area contributed by atoms with Gasteiger partial charge in [-0.1, -0.05) is 18.2 Å². The summed E-state index contributed by atoms with van der Waals surface area (Å²) in [4.78, 5) is 1.41. The van der Waals surface area contributed by atoms with Gasteiger partial charge in [-0.15, -0.1) is 11.8 Å². The predicted octanol–water partition coefficient (Wildman–Crippen LogP) is 6.80. The van der Waals surface area contributed by atoms with Gasteiger partial charge in [-0.25, -0.2) is 0 Å². The summed E-state index contributed by atoms with van der Waals surface area (Å²) in [5, 5.41) is 0.551. The maximum atomic E-state index is 5.84. The zero-order valence-electron chi connectivity index (χ0n) is 11.1. The number of thioether (sulfide) groups is 1. The lowest BCUT2D eigenvalue weighted by molar-refractivity contribution is 0.189. The monoisotopic (exact) mass is 758 g/mol. The van der Waals surface area contributed by atoms with E-state index in [-0.39, 0.29) is 6.10 Å². The fraction of sp³-hybridized carbons (Fsp3) is 0.250. The summed E-state index contributed by atoms with van der Waals surface area (Å²) in [5.74, 6) is 0.936. The van der Waals surface area contributed by atoms with E-state index in [1.165, 1.54) is 24.8 Å². The number of rotatable bonds is 1. The van der Waals surface area contributed by atoms with Crippen LogP contribution in [0.3, 0.4) is 0 Å². The first-order chi connectivity index (χ1) is 10.6. The van der Waals surface area contributed by atoms with Crippen LogP contribution >= 0.6 is 102 Å². The Morgan fingerprint density at radius 3 is 2.50 bits per heavy atom. The van der Waals surface area contributed by atoms with Crippen molar-refractivity contribution in [2.45, 2.75) is 11.4 Å². The molecule has 4 unspecified atom stereocenters. The van der Waals surface area contributed by atoms with Gasteiger partial charge in [-0.3, -0.25) is 0 Å². The Bertz CT molecular complexity index is 728. The number of fused-ring (bicyclic) bond motifs is 2. The molecule has 114 valence electrons. The van der Waals surface area contributed by atoms with Crippen LogP contribution in [0.1, 0.15) is 0 Å². The Kier molecular flexibility index (Phi) is 5.14. The molecule has 4 atom stereocenters. The van der Waals surface area contributed by atoms with Crippen molar-refractivity contribution in [3.63, 3.8) is 0 Å². The Hall–Kier alpha value is 1.51. The molecule has 0 saturated carbocycles. The van der Waals surface area contributed by atoms with E-state index in [1.54, 1.807) is 0 Å². The molecule has 2 aliphatic heterocycles. The second kappa shape index (κ2) is 6.67. The van der Waals surface area contributed by atoms with Crippen molar-refractivity contribution in [3.05, 3.63) is 61.4 Å². The number of hydrogen-bond acceptors (Lipinski definition) is 2. The molecule has 2 aliphatic carbocycles. The van der Waals surface area contributed by atoms with Crippen LogP contribution in [0.5, 0.6) is 0 Å². The summed E-state index contributed by atoms with van der Waals surface area (Å²) in [6.45, 7) is 0. The quantitative estimate of drug-likeness (QED) is 0.273. The number of hydrogen-bond donors (Lipinski definition) is 0.